The number of nitrogens with zero attached hydrogens (tertiary/aromatic N) is 1. The van der Waals surface area contributed by atoms with E-state index in [1.807, 2.05) is 0 Å². The number of carbonyl (C=O) groups excluding carboxylic acids is 1. The van der Waals surface area contributed by atoms with Crippen LogP contribution in [-0.4, -0.2) is 47.1 Å². The minimum Gasteiger partial charge on any atom is -0.469 e. The van der Waals surface area contributed by atoms with Gasteiger partial charge >= 0.3 is 5.97 Å². The molecular weight excluding hydrogens is 330 g/mol. The first kappa shape index (κ1) is 17.2. The van der Waals surface area contributed by atoms with Gasteiger partial charge in [-0.05, 0) is 63.2 Å². The zero-order valence-electron chi connectivity index (χ0n) is 16.0. The summed E-state index contributed by atoms with van der Waals surface area (Å²) in [5, 5.41) is 23.6. The molecule has 1 spiro atoms. The lowest BCUT2D eigenvalue weighted by atomic mass is 9.49. The van der Waals surface area contributed by atoms with Crippen LogP contribution in [0.25, 0.3) is 0 Å². The molecule has 144 valence electrons. The van der Waals surface area contributed by atoms with Crippen LogP contribution in [-0.2, 0) is 9.53 Å². The molecule has 5 nitrogen and oxygen atoms in total. The van der Waals surface area contributed by atoms with Gasteiger partial charge in [0.2, 0.25) is 0 Å². The van der Waals surface area contributed by atoms with Crippen LogP contribution in [0.2, 0.25) is 0 Å². The number of hydrogen-bond donors (Lipinski definition) is 2. The fourth-order valence-electron chi connectivity index (χ4n) is 8.54. The summed E-state index contributed by atoms with van der Waals surface area (Å²) in [5.74, 6) is 0.323. The fraction of sp³-hybridized carbons (Fsp3) is 0.857. The molecular formula is C21H31NO4. The van der Waals surface area contributed by atoms with E-state index in [4.69, 9.17) is 4.74 Å². The van der Waals surface area contributed by atoms with Gasteiger partial charge in [0.1, 0.15) is 0 Å². The third-order valence-corrected chi connectivity index (χ3v) is 9.44. The van der Waals surface area contributed by atoms with Crippen LogP contribution in [0.15, 0.2) is 11.1 Å². The van der Waals surface area contributed by atoms with Crippen LogP contribution in [0.3, 0.4) is 0 Å². The summed E-state index contributed by atoms with van der Waals surface area (Å²) in [6.45, 7) is 3.00. The number of hydrogen-bond acceptors (Lipinski definition) is 5. The first-order valence-corrected chi connectivity index (χ1v) is 10.4. The van der Waals surface area contributed by atoms with Gasteiger partial charge in [-0.2, -0.15) is 5.06 Å². The number of piperidine rings is 1. The maximum atomic E-state index is 12.7. The van der Waals surface area contributed by atoms with Crippen LogP contribution in [0.4, 0.5) is 0 Å². The second-order valence-corrected chi connectivity index (χ2v) is 9.42. The Hall–Kier alpha value is -0.910. The summed E-state index contributed by atoms with van der Waals surface area (Å²) in [6.07, 6.45) is 7.69. The van der Waals surface area contributed by atoms with Gasteiger partial charge in [0.15, 0.2) is 0 Å². The van der Waals surface area contributed by atoms with Gasteiger partial charge in [0.25, 0.3) is 0 Å². The van der Waals surface area contributed by atoms with Crippen molar-refractivity contribution in [2.24, 2.45) is 28.6 Å². The number of methoxy groups -OCH3 is 1. The summed E-state index contributed by atoms with van der Waals surface area (Å²) in [5.41, 5.74) is 2.19. The van der Waals surface area contributed by atoms with Crippen molar-refractivity contribution in [2.75, 3.05) is 20.3 Å². The van der Waals surface area contributed by atoms with Crippen LogP contribution in [0, 0.1) is 28.6 Å². The molecule has 6 unspecified atom stereocenters. The van der Waals surface area contributed by atoms with Crippen LogP contribution in [0.5, 0.6) is 0 Å². The quantitative estimate of drug-likeness (QED) is 0.597. The highest BCUT2D eigenvalue weighted by Crippen LogP contribution is 2.79. The highest BCUT2D eigenvalue weighted by Gasteiger charge is 2.79. The predicted octanol–water partition coefficient (Wildman–Crippen LogP) is 2.91. The van der Waals surface area contributed by atoms with Crippen molar-refractivity contribution in [3.8, 4) is 0 Å². The van der Waals surface area contributed by atoms with Crippen molar-refractivity contribution in [1.82, 2.24) is 5.06 Å². The number of carbonyl (C=O) groups is 1. The fourth-order valence-corrected chi connectivity index (χ4v) is 8.54. The van der Waals surface area contributed by atoms with Gasteiger partial charge in [-0.25, -0.2) is 0 Å². The summed E-state index contributed by atoms with van der Waals surface area (Å²) in [4.78, 5) is 12.7. The van der Waals surface area contributed by atoms with Crippen molar-refractivity contribution < 1.29 is 19.8 Å². The summed E-state index contributed by atoms with van der Waals surface area (Å²) in [6, 6.07) is 0. The molecule has 5 rings (SSSR count). The van der Waals surface area contributed by atoms with E-state index >= 15 is 0 Å². The lowest BCUT2D eigenvalue weighted by Gasteiger charge is -2.62. The van der Waals surface area contributed by atoms with E-state index in [9.17, 15) is 15.1 Å². The van der Waals surface area contributed by atoms with Crippen molar-refractivity contribution >= 4 is 5.97 Å². The van der Waals surface area contributed by atoms with E-state index < -0.39 is 0 Å². The summed E-state index contributed by atoms with van der Waals surface area (Å²) < 4.78 is 5.21. The molecule has 5 heteroatoms. The molecule has 26 heavy (non-hydrogen) atoms. The minimum atomic E-state index is -0.345. The maximum Gasteiger partial charge on any atom is 0.309 e. The average Bonchev–Trinajstić information content (AvgIpc) is 3.26. The molecule has 0 amide bonds. The van der Waals surface area contributed by atoms with Crippen molar-refractivity contribution in [3.05, 3.63) is 11.1 Å². The average molecular weight is 361 g/mol. The number of esters is 1. The standard InChI is InChI=1S/C21H31NO4/c1-3-20-9-8-19(12-23)14(11-22(20)25)6-4-13-5-7-15-16(18(24)26-2)10-21(19,20)17(13)15/h14-16,23,25H,3-12H2,1-2H3. The number of hydroxylamine groups is 2. The zero-order chi connectivity index (χ0) is 18.3. The Kier molecular flexibility index (Phi) is 3.53. The van der Waals surface area contributed by atoms with E-state index in [-0.39, 0.29) is 40.8 Å². The molecule has 4 aliphatic carbocycles. The first-order valence-electron chi connectivity index (χ1n) is 10.4. The van der Waals surface area contributed by atoms with Gasteiger partial charge in [-0.15, -0.1) is 0 Å². The molecule has 0 radical (unpaired) electrons. The smallest absolute Gasteiger partial charge is 0.309 e. The van der Waals surface area contributed by atoms with Crippen molar-refractivity contribution in [3.63, 3.8) is 0 Å². The number of aliphatic hydroxyl groups is 1. The molecule has 4 bridgehead atoms. The topological polar surface area (TPSA) is 70.0 Å². The first-order chi connectivity index (χ1) is 12.5. The third kappa shape index (κ3) is 1.56. The lowest BCUT2D eigenvalue weighted by Crippen LogP contribution is -2.67. The molecule has 0 aromatic carbocycles. The largest absolute Gasteiger partial charge is 0.469 e. The van der Waals surface area contributed by atoms with Crippen molar-refractivity contribution in [1.29, 1.82) is 0 Å². The molecule has 0 aromatic heterocycles. The second kappa shape index (κ2) is 5.33. The van der Waals surface area contributed by atoms with Crippen LogP contribution in [0.1, 0.15) is 58.3 Å². The minimum absolute atomic E-state index is 0.100. The van der Waals surface area contributed by atoms with Crippen molar-refractivity contribution in [2.45, 2.75) is 63.8 Å². The zero-order valence-corrected chi connectivity index (χ0v) is 16.0. The van der Waals surface area contributed by atoms with Crippen LogP contribution < -0.4 is 0 Å². The number of rotatable bonds is 3. The highest BCUT2D eigenvalue weighted by atomic mass is 16.5. The molecule has 1 heterocycles. The number of allylic oxidation sites excluding steroid dienone is 1. The Morgan fingerprint density at radius 1 is 1.31 bits per heavy atom. The lowest BCUT2D eigenvalue weighted by molar-refractivity contribution is -0.265. The Morgan fingerprint density at radius 2 is 2.08 bits per heavy atom. The van der Waals surface area contributed by atoms with E-state index in [1.165, 1.54) is 18.3 Å². The predicted molar refractivity (Wildman–Crippen MR) is 95.3 cm³/mol. The number of aliphatic hydroxyl groups excluding tert-OH is 1. The SMILES string of the molecule is CCC12CCC3(CO)C(CCC4=C5C(CC4)C(C(=O)OC)CC531)CN2O. The van der Waals surface area contributed by atoms with Crippen LogP contribution >= 0.6 is 0 Å². The van der Waals surface area contributed by atoms with Gasteiger partial charge in [-0.1, -0.05) is 18.1 Å². The third-order valence-electron chi connectivity index (χ3n) is 9.44. The molecule has 1 saturated heterocycles. The monoisotopic (exact) mass is 361 g/mol. The van der Waals surface area contributed by atoms with Gasteiger partial charge in [0.05, 0.1) is 18.6 Å². The normalized spacial score (nSPS) is 49.3. The number of ether oxygens (including phenoxy) is 1. The maximum absolute atomic E-state index is 12.7. The second-order valence-electron chi connectivity index (χ2n) is 9.42. The molecule has 0 aromatic rings. The molecule has 3 fully saturated rings. The summed E-state index contributed by atoms with van der Waals surface area (Å²) >= 11 is 0. The molecule has 1 aliphatic heterocycles. The van der Waals surface area contributed by atoms with Gasteiger partial charge in [-0.3, -0.25) is 4.79 Å². The Labute approximate surface area is 155 Å². The molecule has 6 atom stereocenters. The van der Waals surface area contributed by atoms with E-state index in [0.717, 1.165) is 51.4 Å². The van der Waals surface area contributed by atoms with Gasteiger partial charge in [0, 0.05) is 24.0 Å². The highest BCUT2D eigenvalue weighted by molar-refractivity contribution is 5.75. The Morgan fingerprint density at radius 3 is 2.77 bits per heavy atom. The Balaban J connectivity index is 1.80. The van der Waals surface area contributed by atoms with E-state index in [2.05, 4.69) is 6.92 Å². The molecule has 2 N–H and O–H groups in total. The Bertz CT molecular complexity index is 689. The van der Waals surface area contributed by atoms with Gasteiger partial charge < -0.3 is 15.1 Å². The molecule has 2 saturated carbocycles. The van der Waals surface area contributed by atoms with E-state index in [0.29, 0.717) is 12.5 Å². The summed E-state index contributed by atoms with van der Waals surface area (Å²) in [7, 11) is 1.49. The van der Waals surface area contributed by atoms with E-state index in [1.54, 1.807) is 5.06 Å². The molecule has 5 aliphatic rings.